The Morgan fingerprint density at radius 1 is 0.586 bits per heavy atom. The normalized spacial score (nSPS) is 27.0. The summed E-state index contributed by atoms with van der Waals surface area (Å²) in [5, 5.41) is 0. The van der Waals surface area contributed by atoms with E-state index in [2.05, 4.69) is 6.92 Å². The third-order valence-corrected chi connectivity index (χ3v) is 6.08. The van der Waals surface area contributed by atoms with Crippen LogP contribution in [0.1, 0.15) is 64.7 Å². The lowest BCUT2D eigenvalue weighted by atomic mass is 9.76. The highest BCUT2D eigenvalue weighted by Gasteiger charge is 2.25. The smallest absolute Gasteiger partial charge is 0.104 e. The van der Waals surface area contributed by atoms with Gasteiger partial charge in [-0.3, -0.25) is 0 Å². The maximum absolute atomic E-state index is 5.69. The van der Waals surface area contributed by atoms with Gasteiger partial charge in [-0.15, -0.1) is 0 Å². The van der Waals surface area contributed by atoms with E-state index in [-0.39, 0.29) is 0 Å². The summed E-state index contributed by atoms with van der Waals surface area (Å²) < 4.78 is 32.6. The molecule has 0 spiro atoms. The van der Waals surface area contributed by atoms with Crippen LogP contribution >= 0.6 is 0 Å². The molecule has 0 aliphatic carbocycles. The minimum absolute atomic E-state index is 0.377. The van der Waals surface area contributed by atoms with Crippen LogP contribution in [-0.2, 0) is 28.4 Å². The minimum atomic E-state index is 0.377. The van der Waals surface area contributed by atoms with Crippen molar-refractivity contribution >= 4 is 0 Å². The van der Waals surface area contributed by atoms with Crippen molar-refractivity contribution in [3.8, 4) is 0 Å². The maximum Gasteiger partial charge on any atom is 0.104 e. The number of hydrogen-bond donors (Lipinski definition) is 0. The van der Waals surface area contributed by atoms with Gasteiger partial charge in [-0.1, -0.05) is 26.2 Å². The van der Waals surface area contributed by atoms with Crippen LogP contribution in [0.3, 0.4) is 0 Å². The molecule has 0 aromatic rings. The second-order valence-corrected chi connectivity index (χ2v) is 9.27. The average Bonchev–Trinajstić information content (AvgIpc) is 3.55. The fourth-order valence-electron chi connectivity index (χ4n) is 3.78. The molecule has 0 N–H and O–H groups in total. The Balaban J connectivity index is 1.23. The van der Waals surface area contributed by atoms with Crippen molar-refractivity contribution in [1.29, 1.82) is 0 Å². The van der Waals surface area contributed by atoms with Crippen molar-refractivity contribution in [2.24, 2.45) is 5.41 Å². The summed E-state index contributed by atoms with van der Waals surface area (Å²) in [7, 11) is 0. The lowest BCUT2D eigenvalue weighted by molar-refractivity contribution is 0.0998. The number of hydrogen-bond acceptors (Lipinski definition) is 6. The van der Waals surface area contributed by atoms with Gasteiger partial charge < -0.3 is 28.4 Å². The van der Waals surface area contributed by atoms with Gasteiger partial charge in [-0.25, -0.2) is 0 Å². The van der Waals surface area contributed by atoms with E-state index in [1.54, 1.807) is 0 Å². The van der Waals surface area contributed by atoms with Crippen LogP contribution in [0, 0.1) is 5.41 Å². The molecule has 29 heavy (non-hydrogen) atoms. The van der Waals surface area contributed by atoms with Crippen molar-refractivity contribution in [1.82, 2.24) is 0 Å². The van der Waals surface area contributed by atoms with Crippen LogP contribution in [0.25, 0.3) is 0 Å². The topological polar surface area (TPSA) is 65.3 Å². The van der Waals surface area contributed by atoms with Crippen molar-refractivity contribution < 1.29 is 28.4 Å². The fraction of sp³-hybridized carbons (Fsp3) is 1.00. The summed E-state index contributed by atoms with van der Waals surface area (Å²) >= 11 is 0. The highest BCUT2D eigenvalue weighted by atomic mass is 16.6. The lowest BCUT2D eigenvalue weighted by Crippen LogP contribution is -2.18. The SMILES string of the molecule is CC(CCCCOCC1CO1)(CCCCOCC1CO1)CCCCOCC1CO1. The monoisotopic (exact) mass is 414 g/mol. The highest BCUT2D eigenvalue weighted by molar-refractivity contribution is 4.75. The van der Waals surface area contributed by atoms with Crippen molar-refractivity contribution in [3.63, 3.8) is 0 Å². The molecule has 3 unspecified atom stereocenters. The van der Waals surface area contributed by atoms with Gasteiger partial charge in [0.2, 0.25) is 0 Å². The van der Waals surface area contributed by atoms with Crippen LogP contribution in [0.15, 0.2) is 0 Å². The second kappa shape index (κ2) is 13.2. The molecule has 0 bridgehead atoms. The van der Waals surface area contributed by atoms with Gasteiger partial charge in [0.1, 0.15) is 18.3 Å². The van der Waals surface area contributed by atoms with Crippen molar-refractivity contribution in [2.75, 3.05) is 59.5 Å². The quantitative estimate of drug-likeness (QED) is 0.211. The summed E-state index contributed by atoms with van der Waals surface area (Å²) in [5.74, 6) is 0. The largest absolute Gasteiger partial charge is 0.379 e. The molecule has 0 aromatic heterocycles. The van der Waals surface area contributed by atoms with Crippen molar-refractivity contribution in [2.45, 2.75) is 83.0 Å². The van der Waals surface area contributed by atoms with Gasteiger partial charge in [0.15, 0.2) is 0 Å². The van der Waals surface area contributed by atoms with E-state index in [9.17, 15) is 0 Å². The lowest BCUT2D eigenvalue weighted by Gasteiger charge is -2.30. The Kier molecular flexibility index (Phi) is 10.7. The van der Waals surface area contributed by atoms with E-state index in [1.165, 1.54) is 38.5 Å². The standard InChI is InChI=1S/C23H42O6/c1-23(8-2-5-11-24-14-20-17-27-20,9-3-6-12-25-15-21-18-28-21)10-4-7-13-26-16-22-19-29-22/h20-22H,2-19H2,1H3. The van der Waals surface area contributed by atoms with Crippen LogP contribution in [-0.4, -0.2) is 77.8 Å². The van der Waals surface area contributed by atoms with Crippen LogP contribution in [0.2, 0.25) is 0 Å². The summed E-state index contributed by atoms with van der Waals surface area (Å²) in [5.41, 5.74) is 0.415. The zero-order valence-electron chi connectivity index (χ0n) is 18.4. The molecule has 6 heteroatoms. The summed E-state index contributed by atoms with van der Waals surface area (Å²) in [6.45, 7) is 10.0. The van der Waals surface area contributed by atoms with Crippen LogP contribution in [0.4, 0.5) is 0 Å². The van der Waals surface area contributed by atoms with Crippen LogP contribution in [0.5, 0.6) is 0 Å². The Labute approximate surface area is 176 Å². The average molecular weight is 415 g/mol. The molecule has 3 heterocycles. The molecule has 0 saturated carbocycles. The molecule has 0 radical (unpaired) electrons. The molecule has 3 aliphatic heterocycles. The maximum atomic E-state index is 5.69. The van der Waals surface area contributed by atoms with Crippen molar-refractivity contribution in [3.05, 3.63) is 0 Å². The van der Waals surface area contributed by atoms with Gasteiger partial charge in [-0.2, -0.15) is 0 Å². The predicted molar refractivity (Wildman–Crippen MR) is 111 cm³/mol. The van der Waals surface area contributed by atoms with E-state index in [0.29, 0.717) is 23.7 Å². The first-order valence-corrected chi connectivity index (χ1v) is 11.8. The van der Waals surface area contributed by atoms with E-state index >= 15 is 0 Å². The van der Waals surface area contributed by atoms with Gasteiger partial charge in [0.05, 0.1) is 39.6 Å². The molecular weight excluding hydrogens is 372 g/mol. The van der Waals surface area contributed by atoms with E-state index in [1.807, 2.05) is 0 Å². The Morgan fingerprint density at radius 3 is 1.17 bits per heavy atom. The molecule has 3 saturated heterocycles. The van der Waals surface area contributed by atoms with Gasteiger partial charge in [0, 0.05) is 19.8 Å². The number of ether oxygens (including phenoxy) is 6. The summed E-state index contributed by atoms with van der Waals surface area (Å²) in [6, 6.07) is 0. The Morgan fingerprint density at radius 2 is 0.897 bits per heavy atom. The first-order chi connectivity index (χ1) is 14.2. The predicted octanol–water partition coefficient (Wildman–Crippen LogP) is 3.75. The minimum Gasteiger partial charge on any atom is -0.379 e. The molecule has 170 valence electrons. The van der Waals surface area contributed by atoms with Gasteiger partial charge >= 0.3 is 0 Å². The Bertz CT molecular complexity index is 360. The fourth-order valence-corrected chi connectivity index (χ4v) is 3.78. The molecule has 0 amide bonds. The molecule has 3 fully saturated rings. The molecule has 3 rings (SSSR count). The Hall–Kier alpha value is -0.240. The molecule has 3 aliphatic rings. The summed E-state index contributed by atoms with van der Waals surface area (Å²) in [4.78, 5) is 0. The molecule has 3 atom stereocenters. The summed E-state index contributed by atoms with van der Waals surface area (Å²) in [6.07, 6.45) is 12.2. The molecule has 0 aromatic carbocycles. The first-order valence-electron chi connectivity index (χ1n) is 11.8. The van der Waals surface area contributed by atoms with Gasteiger partial charge in [-0.05, 0) is 43.9 Å². The van der Waals surface area contributed by atoms with E-state index in [4.69, 9.17) is 28.4 Å². The second-order valence-electron chi connectivity index (χ2n) is 9.27. The van der Waals surface area contributed by atoms with Gasteiger partial charge in [0.25, 0.3) is 0 Å². The first kappa shape index (κ1) is 23.4. The zero-order valence-corrected chi connectivity index (χ0v) is 18.4. The zero-order chi connectivity index (χ0) is 20.2. The highest BCUT2D eigenvalue weighted by Crippen LogP contribution is 2.36. The molecular formula is C23H42O6. The molecule has 6 nitrogen and oxygen atoms in total. The van der Waals surface area contributed by atoms with Crippen LogP contribution < -0.4 is 0 Å². The van der Waals surface area contributed by atoms with E-state index in [0.717, 1.165) is 78.7 Å². The number of rotatable bonds is 21. The third kappa shape index (κ3) is 12.3. The third-order valence-electron chi connectivity index (χ3n) is 6.08. The number of epoxide rings is 3. The number of unbranched alkanes of at least 4 members (excludes halogenated alkanes) is 3. The van der Waals surface area contributed by atoms with E-state index < -0.39 is 0 Å².